The zero-order chi connectivity index (χ0) is 18.2. The number of nitrogens with one attached hydrogen (secondary N) is 1. The lowest BCUT2D eigenvalue weighted by atomic mass is 9.88. The van der Waals surface area contributed by atoms with E-state index in [9.17, 15) is 4.39 Å². The third-order valence-electron chi connectivity index (χ3n) is 6.00. The first-order valence-electron chi connectivity index (χ1n) is 9.81. The summed E-state index contributed by atoms with van der Waals surface area (Å²) >= 11 is 0. The van der Waals surface area contributed by atoms with Crippen LogP contribution in [0, 0.1) is 11.7 Å². The van der Waals surface area contributed by atoms with Gasteiger partial charge in [-0.05, 0) is 48.2 Å². The Morgan fingerprint density at radius 1 is 1.11 bits per heavy atom. The van der Waals surface area contributed by atoms with Crippen LogP contribution in [0.4, 0.5) is 4.39 Å². The summed E-state index contributed by atoms with van der Waals surface area (Å²) < 4.78 is 19.8. The molecular formula is C22H24FN3O. The minimum Gasteiger partial charge on any atom is -0.460 e. The molecule has 0 saturated carbocycles. The second kappa shape index (κ2) is 6.97. The number of ether oxygens (including phenoxy) is 1. The second-order valence-electron chi connectivity index (χ2n) is 7.63. The summed E-state index contributed by atoms with van der Waals surface area (Å²) in [7, 11) is 0. The second-order valence-corrected chi connectivity index (χ2v) is 7.63. The highest BCUT2D eigenvalue weighted by atomic mass is 19.1. The molecule has 3 aliphatic heterocycles. The first-order valence-corrected chi connectivity index (χ1v) is 9.81. The van der Waals surface area contributed by atoms with Gasteiger partial charge >= 0.3 is 0 Å². The molecule has 1 saturated heterocycles. The van der Waals surface area contributed by atoms with E-state index in [1.165, 1.54) is 23.3 Å². The topological polar surface area (TPSA) is 36.9 Å². The molecule has 3 heterocycles. The molecule has 2 aromatic carbocycles. The van der Waals surface area contributed by atoms with E-state index in [0.717, 1.165) is 50.6 Å². The van der Waals surface area contributed by atoms with Crippen molar-refractivity contribution in [3.05, 3.63) is 71.0 Å². The maximum Gasteiger partial charge on any atom is 0.288 e. The molecule has 0 aliphatic carbocycles. The Hall–Kier alpha value is -2.40. The van der Waals surface area contributed by atoms with Crippen molar-refractivity contribution in [1.82, 2.24) is 10.2 Å². The van der Waals surface area contributed by atoms with E-state index in [-0.39, 0.29) is 18.0 Å². The number of rotatable bonds is 2. The molecule has 0 bridgehead atoms. The Morgan fingerprint density at radius 2 is 1.96 bits per heavy atom. The van der Waals surface area contributed by atoms with Crippen LogP contribution in [0.1, 0.15) is 29.2 Å². The van der Waals surface area contributed by atoms with E-state index in [0.29, 0.717) is 5.92 Å². The molecule has 140 valence electrons. The Bertz CT molecular complexity index is 845. The predicted molar refractivity (Wildman–Crippen MR) is 103 cm³/mol. The van der Waals surface area contributed by atoms with Crippen LogP contribution in [0.15, 0.2) is 53.5 Å². The van der Waals surface area contributed by atoms with Crippen LogP contribution in [-0.2, 0) is 11.2 Å². The number of nitrogens with zero attached hydrogens (tertiary/aromatic N) is 2. The smallest absolute Gasteiger partial charge is 0.288 e. The first-order chi connectivity index (χ1) is 13.3. The van der Waals surface area contributed by atoms with Gasteiger partial charge in [-0.2, -0.15) is 0 Å². The van der Waals surface area contributed by atoms with Crippen molar-refractivity contribution < 1.29 is 9.13 Å². The Balaban J connectivity index is 1.47. The predicted octanol–water partition coefficient (Wildman–Crippen LogP) is 3.14. The molecule has 5 rings (SSSR count). The Kier molecular flexibility index (Phi) is 4.32. The highest BCUT2D eigenvalue weighted by molar-refractivity contribution is 5.77. The van der Waals surface area contributed by atoms with Crippen LogP contribution in [0.5, 0.6) is 0 Å². The van der Waals surface area contributed by atoms with Gasteiger partial charge in [0.1, 0.15) is 11.9 Å². The van der Waals surface area contributed by atoms with E-state index in [1.54, 1.807) is 0 Å². The summed E-state index contributed by atoms with van der Waals surface area (Å²) in [6.45, 7) is 3.66. The molecule has 0 amide bonds. The highest BCUT2D eigenvalue weighted by Crippen LogP contribution is 2.37. The maximum absolute atomic E-state index is 13.5. The van der Waals surface area contributed by atoms with Crippen LogP contribution in [0.25, 0.3) is 0 Å². The molecule has 1 N–H and O–H groups in total. The summed E-state index contributed by atoms with van der Waals surface area (Å²) in [5.74, 6) is 0.324. The fourth-order valence-corrected chi connectivity index (χ4v) is 4.55. The summed E-state index contributed by atoms with van der Waals surface area (Å²) in [4.78, 5) is 7.03. The quantitative estimate of drug-likeness (QED) is 0.888. The molecule has 0 unspecified atom stereocenters. The van der Waals surface area contributed by atoms with Gasteiger partial charge in [0, 0.05) is 19.0 Å². The largest absolute Gasteiger partial charge is 0.460 e. The Morgan fingerprint density at radius 3 is 2.78 bits per heavy atom. The minimum absolute atomic E-state index is 0.00903. The first kappa shape index (κ1) is 16.8. The van der Waals surface area contributed by atoms with Crippen LogP contribution in [0.2, 0.25) is 0 Å². The number of hydrogen-bond donors (Lipinski definition) is 1. The zero-order valence-electron chi connectivity index (χ0n) is 15.3. The summed E-state index contributed by atoms with van der Waals surface area (Å²) in [5, 5.41) is 3.42. The van der Waals surface area contributed by atoms with Crippen LogP contribution >= 0.6 is 0 Å². The van der Waals surface area contributed by atoms with Crippen molar-refractivity contribution in [2.24, 2.45) is 10.9 Å². The van der Waals surface area contributed by atoms with Crippen molar-refractivity contribution in [1.29, 1.82) is 0 Å². The SMILES string of the molecule is Fc1ccc([C@H]2c3ccccc3CCN2C2=NC[C@H]([C@@H]3CCNC3)O2)cc1. The van der Waals surface area contributed by atoms with Crippen molar-refractivity contribution in [2.45, 2.75) is 25.0 Å². The van der Waals surface area contributed by atoms with Gasteiger partial charge in [0.2, 0.25) is 0 Å². The van der Waals surface area contributed by atoms with Gasteiger partial charge < -0.3 is 15.0 Å². The molecule has 5 heteroatoms. The van der Waals surface area contributed by atoms with Gasteiger partial charge in [-0.15, -0.1) is 0 Å². The molecule has 3 atom stereocenters. The monoisotopic (exact) mass is 365 g/mol. The van der Waals surface area contributed by atoms with E-state index < -0.39 is 0 Å². The van der Waals surface area contributed by atoms with Gasteiger partial charge in [-0.25, -0.2) is 9.38 Å². The number of fused-ring (bicyclic) bond motifs is 1. The number of halogens is 1. The van der Waals surface area contributed by atoms with E-state index in [1.807, 2.05) is 12.1 Å². The minimum atomic E-state index is -0.211. The molecule has 27 heavy (non-hydrogen) atoms. The number of aliphatic imine (C=N–C) groups is 1. The third kappa shape index (κ3) is 3.10. The lowest BCUT2D eigenvalue weighted by Crippen LogP contribution is -2.42. The van der Waals surface area contributed by atoms with Crippen molar-refractivity contribution in [3.8, 4) is 0 Å². The molecule has 0 aromatic heterocycles. The van der Waals surface area contributed by atoms with Crippen molar-refractivity contribution in [3.63, 3.8) is 0 Å². The normalized spacial score (nSPS) is 27.2. The fourth-order valence-electron chi connectivity index (χ4n) is 4.55. The van der Waals surface area contributed by atoms with Crippen molar-refractivity contribution >= 4 is 6.02 Å². The average Bonchev–Trinajstić information content (AvgIpc) is 3.39. The molecule has 1 fully saturated rings. The maximum atomic E-state index is 13.5. The van der Waals surface area contributed by atoms with Gasteiger partial charge in [-0.1, -0.05) is 36.4 Å². The van der Waals surface area contributed by atoms with Gasteiger partial charge in [0.05, 0.1) is 12.6 Å². The Labute approximate surface area is 159 Å². The zero-order valence-corrected chi connectivity index (χ0v) is 15.3. The highest BCUT2D eigenvalue weighted by Gasteiger charge is 2.37. The van der Waals surface area contributed by atoms with Crippen LogP contribution < -0.4 is 5.32 Å². The standard InChI is InChI=1S/C22H24FN3O/c23-18-7-5-16(6-8-18)21-19-4-2-1-3-15(19)10-12-26(21)22-25-14-20(27-22)17-9-11-24-13-17/h1-8,17,20-21,24H,9-14H2/t17-,20-,21+/m1/s1. The van der Waals surface area contributed by atoms with Crippen LogP contribution in [-0.4, -0.2) is 43.2 Å². The molecule has 4 nitrogen and oxygen atoms in total. The van der Waals surface area contributed by atoms with Gasteiger partial charge in [0.15, 0.2) is 0 Å². The fraction of sp³-hybridized carbons (Fsp3) is 0.409. The van der Waals surface area contributed by atoms with Gasteiger partial charge in [0.25, 0.3) is 6.02 Å². The third-order valence-corrected chi connectivity index (χ3v) is 6.00. The van der Waals surface area contributed by atoms with E-state index >= 15 is 0 Å². The summed E-state index contributed by atoms with van der Waals surface area (Å²) in [5.41, 5.74) is 3.67. The molecule has 0 radical (unpaired) electrons. The van der Waals surface area contributed by atoms with Crippen molar-refractivity contribution in [2.75, 3.05) is 26.2 Å². The number of amidine groups is 1. The number of benzene rings is 2. The van der Waals surface area contributed by atoms with E-state index in [4.69, 9.17) is 9.73 Å². The number of hydrogen-bond acceptors (Lipinski definition) is 4. The summed E-state index contributed by atoms with van der Waals surface area (Å²) in [6.07, 6.45) is 2.28. The molecular weight excluding hydrogens is 341 g/mol. The van der Waals surface area contributed by atoms with Gasteiger partial charge in [-0.3, -0.25) is 0 Å². The summed E-state index contributed by atoms with van der Waals surface area (Å²) in [6, 6.07) is 16.1. The molecule has 3 aliphatic rings. The van der Waals surface area contributed by atoms with E-state index in [2.05, 4.69) is 34.5 Å². The van der Waals surface area contributed by atoms with Crippen LogP contribution in [0.3, 0.4) is 0 Å². The lowest BCUT2D eigenvalue weighted by Gasteiger charge is -2.38. The average molecular weight is 365 g/mol. The molecule has 2 aromatic rings. The lowest BCUT2D eigenvalue weighted by molar-refractivity contribution is 0.126. The molecule has 0 spiro atoms.